The molecule has 0 atom stereocenters. The van der Waals surface area contributed by atoms with Crippen LogP contribution in [0.15, 0.2) is 42.5 Å². The SMILES string of the molecule is CCCCCCCCCCCCC(=O)Nc1ccc([CH]Cc2cc(Cl)cc(Cl)c2)cc1. The summed E-state index contributed by atoms with van der Waals surface area (Å²) >= 11 is 12.1. The standard InChI is InChI=1S/C27H36Cl2NO/c1-2-3-4-5-6-7-8-9-10-11-12-27(31)30-26-17-15-22(16-18-26)13-14-23-19-24(28)21-25(29)20-23/h13,15-21H,2-12,14H2,1H3,(H,30,31). The second-order valence-corrected chi connectivity index (χ2v) is 9.16. The highest BCUT2D eigenvalue weighted by Gasteiger charge is 2.04. The predicted octanol–water partition coefficient (Wildman–Crippen LogP) is 9.04. The molecule has 0 aliphatic heterocycles. The Morgan fingerprint density at radius 3 is 1.94 bits per heavy atom. The van der Waals surface area contributed by atoms with Gasteiger partial charge in [-0.2, -0.15) is 0 Å². The van der Waals surface area contributed by atoms with Crippen molar-refractivity contribution in [3.05, 3.63) is 70.1 Å². The van der Waals surface area contributed by atoms with Gasteiger partial charge in [-0.05, 0) is 60.7 Å². The van der Waals surface area contributed by atoms with E-state index in [0.29, 0.717) is 16.5 Å². The quantitative estimate of drug-likeness (QED) is 0.263. The van der Waals surface area contributed by atoms with Gasteiger partial charge in [0.05, 0.1) is 0 Å². The summed E-state index contributed by atoms with van der Waals surface area (Å²) in [5, 5.41) is 4.30. The molecule has 2 aromatic carbocycles. The number of nitrogens with one attached hydrogen (secondary N) is 1. The van der Waals surface area contributed by atoms with Crippen molar-refractivity contribution in [2.75, 3.05) is 5.32 Å². The van der Waals surface area contributed by atoms with Crippen LogP contribution >= 0.6 is 23.2 Å². The zero-order chi connectivity index (χ0) is 22.3. The number of amides is 1. The minimum atomic E-state index is 0.102. The Bertz CT molecular complexity index is 753. The number of carbonyl (C=O) groups is 1. The number of anilines is 1. The average molecular weight is 461 g/mol. The van der Waals surface area contributed by atoms with Crippen molar-refractivity contribution in [3.63, 3.8) is 0 Å². The maximum absolute atomic E-state index is 12.2. The van der Waals surface area contributed by atoms with Gasteiger partial charge in [0.15, 0.2) is 0 Å². The molecule has 1 radical (unpaired) electrons. The molecule has 1 amide bonds. The van der Waals surface area contributed by atoms with Gasteiger partial charge in [0, 0.05) is 22.2 Å². The molecule has 2 nitrogen and oxygen atoms in total. The van der Waals surface area contributed by atoms with Gasteiger partial charge in [0.2, 0.25) is 5.91 Å². The van der Waals surface area contributed by atoms with Crippen LogP contribution in [0.25, 0.3) is 0 Å². The Hall–Kier alpha value is -1.51. The molecular weight excluding hydrogens is 425 g/mol. The topological polar surface area (TPSA) is 29.1 Å². The van der Waals surface area contributed by atoms with Gasteiger partial charge >= 0.3 is 0 Å². The van der Waals surface area contributed by atoms with Gasteiger partial charge in [0.25, 0.3) is 0 Å². The molecular formula is C27H36Cl2NO. The van der Waals surface area contributed by atoms with Crippen LogP contribution in [0.3, 0.4) is 0 Å². The number of carbonyl (C=O) groups excluding carboxylic acids is 1. The van der Waals surface area contributed by atoms with Crippen LogP contribution in [0.1, 0.15) is 88.7 Å². The Kier molecular flexibility index (Phi) is 12.7. The van der Waals surface area contributed by atoms with Crippen molar-refractivity contribution in [2.24, 2.45) is 0 Å². The highest BCUT2D eigenvalue weighted by molar-refractivity contribution is 6.34. The van der Waals surface area contributed by atoms with E-state index in [1.807, 2.05) is 36.4 Å². The minimum absolute atomic E-state index is 0.102. The van der Waals surface area contributed by atoms with E-state index >= 15 is 0 Å². The lowest BCUT2D eigenvalue weighted by Crippen LogP contribution is -2.11. The molecule has 0 heterocycles. The number of hydrogen-bond donors (Lipinski definition) is 1. The molecule has 0 bridgehead atoms. The highest BCUT2D eigenvalue weighted by Crippen LogP contribution is 2.21. The normalized spacial score (nSPS) is 10.9. The average Bonchev–Trinajstić information content (AvgIpc) is 2.74. The van der Waals surface area contributed by atoms with Crippen LogP contribution in [-0.2, 0) is 11.2 Å². The Morgan fingerprint density at radius 2 is 1.35 bits per heavy atom. The summed E-state index contributed by atoms with van der Waals surface area (Å²) in [5.41, 5.74) is 3.02. The van der Waals surface area contributed by atoms with Gasteiger partial charge in [-0.25, -0.2) is 0 Å². The van der Waals surface area contributed by atoms with Crippen LogP contribution in [0.2, 0.25) is 10.0 Å². The third kappa shape index (κ3) is 11.6. The molecule has 2 rings (SSSR count). The summed E-state index contributed by atoms with van der Waals surface area (Å²) < 4.78 is 0. The van der Waals surface area contributed by atoms with Crippen LogP contribution in [0.4, 0.5) is 5.69 Å². The molecule has 0 saturated heterocycles. The molecule has 0 aliphatic carbocycles. The zero-order valence-electron chi connectivity index (χ0n) is 18.8. The molecule has 0 saturated carbocycles. The smallest absolute Gasteiger partial charge is 0.224 e. The summed E-state index contributed by atoms with van der Waals surface area (Å²) in [5.74, 6) is 0.102. The molecule has 0 aliphatic rings. The molecule has 31 heavy (non-hydrogen) atoms. The second kappa shape index (κ2) is 15.3. The summed E-state index contributed by atoms with van der Waals surface area (Å²) in [6.45, 7) is 2.25. The highest BCUT2D eigenvalue weighted by atomic mass is 35.5. The Balaban J connectivity index is 1.58. The fourth-order valence-electron chi connectivity index (χ4n) is 3.66. The lowest BCUT2D eigenvalue weighted by atomic mass is 10.0. The van der Waals surface area contributed by atoms with Gasteiger partial charge in [-0.15, -0.1) is 0 Å². The van der Waals surface area contributed by atoms with Crippen molar-refractivity contribution in [1.82, 2.24) is 0 Å². The van der Waals surface area contributed by atoms with Crippen LogP contribution in [-0.4, -0.2) is 5.91 Å². The van der Waals surface area contributed by atoms with Crippen molar-refractivity contribution >= 4 is 34.8 Å². The second-order valence-electron chi connectivity index (χ2n) is 8.29. The molecule has 4 heteroatoms. The number of benzene rings is 2. The number of rotatable bonds is 15. The van der Waals surface area contributed by atoms with Crippen molar-refractivity contribution in [2.45, 2.75) is 84.0 Å². The zero-order valence-corrected chi connectivity index (χ0v) is 20.3. The lowest BCUT2D eigenvalue weighted by molar-refractivity contribution is -0.116. The van der Waals surface area contributed by atoms with Crippen molar-refractivity contribution < 1.29 is 4.79 Å². The summed E-state index contributed by atoms with van der Waals surface area (Å²) in [4.78, 5) is 12.2. The van der Waals surface area contributed by atoms with E-state index in [2.05, 4.69) is 18.7 Å². The summed E-state index contributed by atoms with van der Waals surface area (Å²) in [7, 11) is 0. The predicted molar refractivity (Wildman–Crippen MR) is 135 cm³/mol. The fraction of sp³-hybridized carbons (Fsp3) is 0.481. The molecule has 0 unspecified atom stereocenters. The van der Waals surface area contributed by atoms with Gasteiger partial charge < -0.3 is 5.32 Å². The Morgan fingerprint density at radius 1 is 0.806 bits per heavy atom. The Labute approximate surface area is 198 Å². The van der Waals surface area contributed by atoms with Crippen molar-refractivity contribution in [1.29, 1.82) is 0 Å². The summed E-state index contributed by atoms with van der Waals surface area (Å²) in [6.07, 6.45) is 16.3. The fourth-order valence-corrected chi connectivity index (χ4v) is 4.23. The number of hydrogen-bond acceptors (Lipinski definition) is 1. The lowest BCUT2D eigenvalue weighted by Gasteiger charge is -2.07. The summed E-state index contributed by atoms with van der Waals surface area (Å²) in [6, 6.07) is 13.5. The first-order chi connectivity index (χ1) is 15.1. The molecule has 2 aromatic rings. The third-order valence-electron chi connectivity index (χ3n) is 5.45. The van der Waals surface area contributed by atoms with Gasteiger partial charge in [-0.1, -0.05) is 100 Å². The third-order valence-corrected chi connectivity index (χ3v) is 5.88. The van der Waals surface area contributed by atoms with E-state index in [0.717, 1.165) is 36.1 Å². The first kappa shape index (κ1) is 25.7. The minimum Gasteiger partial charge on any atom is -0.326 e. The number of unbranched alkanes of at least 4 members (excludes halogenated alkanes) is 9. The first-order valence-electron chi connectivity index (χ1n) is 11.7. The maximum atomic E-state index is 12.2. The first-order valence-corrected chi connectivity index (χ1v) is 12.5. The largest absolute Gasteiger partial charge is 0.326 e. The van der Waals surface area contributed by atoms with Gasteiger partial charge in [-0.3, -0.25) is 4.79 Å². The van der Waals surface area contributed by atoms with Gasteiger partial charge in [0.1, 0.15) is 0 Å². The molecule has 0 spiro atoms. The van der Waals surface area contributed by atoms with Crippen molar-refractivity contribution in [3.8, 4) is 0 Å². The van der Waals surface area contributed by atoms with E-state index in [1.165, 1.54) is 51.4 Å². The van der Waals surface area contributed by atoms with E-state index in [1.54, 1.807) is 6.07 Å². The molecule has 1 N–H and O–H groups in total. The maximum Gasteiger partial charge on any atom is 0.224 e. The molecule has 0 fully saturated rings. The van der Waals surface area contributed by atoms with Crippen LogP contribution < -0.4 is 5.32 Å². The van der Waals surface area contributed by atoms with E-state index < -0.39 is 0 Å². The molecule has 169 valence electrons. The van der Waals surface area contributed by atoms with Crippen LogP contribution in [0, 0.1) is 6.42 Å². The van der Waals surface area contributed by atoms with E-state index in [-0.39, 0.29) is 5.91 Å². The monoisotopic (exact) mass is 460 g/mol. The van der Waals surface area contributed by atoms with E-state index in [4.69, 9.17) is 23.2 Å². The number of halogens is 2. The molecule has 0 aromatic heterocycles. The van der Waals surface area contributed by atoms with E-state index in [9.17, 15) is 4.79 Å². The van der Waals surface area contributed by atoms with Crippen LogP contribution in [0.5, 0.6) is 0 Å².